The van der Waals surface area contributed by atoms with E-state index >= 15 is 0 Å². The van der Waals surface area contributed by atoms with E-state index in [9.17, 15) is 9.18 Å². The summed E-state index contributed by atoms with van der Waals surface area (Å²) in [5, 5.41) is 2.71. The molecule has 0 aliphatic carbocycles. The van der Waals surface area contributed by atoms with Gasteiger partial charge in [-0.1, -0.05) is 45.0 Å². The first kappa shape index (κ1) is 21.4. The summed E-state index contributed by atoms with van der Waals surface area (Å²) < 4.78 is 24.9. The fourth-order valence-electron chi connectivity index (χ4n) is 3.17. The maximum Gasteiger partial charge on any atom is 0.255 e. The van der Waals surface area contributed by atoms with Crippen LogP contribution < -0.4 is 14.8 Å². The fourth-order valence-corrected chi connectivity index (χ4v) is 3.17. The van der Waals surface area contributed by atoms with Gasteiger partial charge >= 0.3 is 0 Å². The topological polar surface area (TPSA) is 47.6 Å². The summed E-state index contributed by atoms with van der Waals surface area (Å²) in [6.45, 7) is 6.64. The lowest BCUT2D eigenvalue weighted by molar-refractivity contribution is 0.102. The molecule has 0 radical (unpaired) electrons. The van der Waals surface area contributed by atoms with Crippen LogP contribution in [0.25, 0.3) is 0 Å². The van der Waals surface area contributed by atoms with Gasteiger partial charge < -0.3 is 14.8 Å². The Morgan fingerprint density at radius 2 is 1.73 bits per heavy atom. The number of anilines is 1. The number of para-hydroxylation sites is 1. The molecule has 5 heteroatoms. The van der Waals surface area contributed by atoms with Crippen LogP contribution in [0.3, 0.4) is 0 Å². The third-order valence-electron chi connectivity index (χ3n) is 4.70. The van der Waals surface area contributed by atoms with Crippen molar-refractivity contribution >= 4 is 11.6 Å². The molecule has 30 heavy (non-hydrogen) atoms. The zero-order valence-corrected chi connectivity index (χ0v) is 17.7. The van der Waals surface area contributed by atoms with Crippen molar-refractivity contribution in [3.63, 3.8) is 0 Å². The van der Waals surface area contributed by atoms with Gasteiger partial charge in [-0.3, -0.25) is 4.79 Å². The van der Waals surface area contributed by atoms with Crippen molar-refractivity contribution in [1.29, 1.82) is 0 Å². The van der Waals surface area contributed by atoms with Crippen molar-refractivity contribution in [2.75, 3.05) is 12.4 Å². The van der Waals surface area contributed by atoms with Gasteiger partial charge in [0.1, 0.15) is 23.9 Å². The summed E-state index contributed by atoms with van der Waals surface area (Å²) in [4.78, 5) is 12.6. The molecule has 0 aromatic heterocycles. The summed E-state index contributed by atoms with van der Waals surface area (Å²) in [6.07, 6.45) is 0. The van der Waals surface area contributed by atoms with Gasteiger partial charge in [-0.05, 0) is 53.4 Å². The second-order valence-corrected chi connectivity index (χ2v) is 8.03. The zero-order chi connectivity index (χ0) is 21.7. The van der Waals surface area contributed by atoms with Gasteiger partial charge in [0, 0.05) is 16.8 Å². The van der Waals surface area contributed by atoms with Gasteiger partial charge in [0.25, 0.3) is 5.91 Å². The van der Waals surface area contributed by atoms with E-state index < -0.39 is 5.82 Å². The van der Waals surface area contributed by atoms with Crippen molar-refractivity contribution in [3.05, 3.63) is 89.2 Å². The molecule has 0 aliphatic rings. The van der Waals surface area contributed by atoms with Crippen molar-refractivity contribution in [3.8, 4) is 11.5 Å². The number of ether oxygens (including phenoxy) is 2. The number of carbonyl (C=O) groups is 1. The highest BCUT2D eigenvalue weighted by Crippen LogP contribution is 2.32. The molecule has 0 saturated heterocycles. The maximum absolute atomic E-state index is 13.4. The number of benzene rings is 3. The Labute approximate surface area is 176 Å². The molecule has 0 bridgehead atoms. The van der Waals surface area contributed by atoms with Crippen LogP contribution >= 0.6 is 0 Å². The largest absolute Gasteiger partial charge is 0.496 e. The molecule has 1 amide bonds. The van der Waals surface area contributed by atoms with E-state index in [1.165, 1.54) is 12.1 Å². The number of rotatable bonds is 6. The number of hydrogen-bond donors (Lipinski definition) is 1. The monoisotopic (exact) mass is 407 g/mol. The highest BCUT2D eigenvalue weighted by molar-refractivity contribution is 6.04. The first-order chi connectivity index (χ1) is 14.3. The van der Waals surface area contributed by atoms with E-state index in [4.69, 9.17) is 9.47 Å². The number of carbonyl (C=O) groups excluding carboxylic acids is 1. The van der Waals surface area contributed by atoms with E-state index in [1.807, 2.05) is 18.2 Å². The molecular weight excluding hydrogens is 381 g/mol. The second kappa shape index (κ2) is 8.99. The van der Waals surface area contributed by atoms with E-state index in [2.05, 4.69) is 32.2 Å². The van der Waals surface area contributed by atoms with Gasteiger partial charge in [0.15, 0.2) is 0 Å². The van der Waals surface area contributed by atoms with Crippen LogP contribution in [0.15, 0.2) is 66.7 Å². The molecule has 0 spiro atoms. The van der Waals surface area contributed by atoms with E-state index in [0.717, 1.165) is 16.9 Å². The molecule has 0 saturated carbocycles. The molecule has 0 unspecified atom stereocenters. The van der Waals surface area contributed by atoms with Crippen LogP contribution in [0.5, 0.6) is 11.5 Å². The standard InChI is InChI=1S/C25H26FNO3/c1-25(2,3)21-10-5-6-11-23(21)30-16-18-14-17(12-13-22(18)29-4)24(28)27-20-9-7-8-19(26)15-20/h5-15H,16H2,1-4H3,(H,27,28). The minimum atomic E-state index is -0.408. The summed E-state index contributed by atoms with van der Waals surface area (Å²) in [5.74, 6) is 0.681. The Balaban J connectivity index is 1.81. The molecule has 156 valence electrons. The molecule has 3 aromatic rings. The van der Waals surface area contributed by atoms with E-state index in [-0.39, 0.29) is 17.9 Å². The van der Waals surface area contributed by atoms with Crippen molar-refractivity contribution in [1.82, 2.24) is 0 Å². The van der Waals surface area contributed by atoms with Crippen molar-refractivity contribution in [2.24, 2.45) is 0 Å². The Bertz CT molecular complexity index is 1040. The van der Waals surface area contributed by atoms with Crippen molar-refractivity contribution < 1.29 is 18.7 Å². The third-order valence-corrected chi connectivity index (χ3v) is 4.70. The van der Waals surface area contributed by atoms with Crippen LogP contribution in [0.1, 0.15) is 42.3 Å². The predicted octanol–water partition coefficient (Wildman–Crippen LogP) is 5.96. The summed E-state index contributed by atoms with van der Waals surface area (Å²) in [6, 6.07) is 18.8. The van der Waals surface area contributed by atoms with Crippen LogP contribution in [0.4, 0.5) is 10.1 Å². The van der Waals surface area contributed by atoms with Crippen LogP contribution in [0.2, 0.25) is 0 Å². The maximum atomic E-state index is 13.4. The number of amides is 1. The minimum absolute atomic E-state index is 0.0621. The van der Waals surface area contributed by atoms with Crippen molar-refractivity contribution in [2.45, 2.75) is 32.8 Å². The average Bonchev–Trinajstić information content (AvgIpc) is 2.71. The number of nitrogens with one attached hydrogen (secondary N) is 1. The Morgan fingerprint density at radius 3 is 2.43 bits per heavy atom. The molecule has 0 aliphatic heterocycles. The summed E-state index contributed by atoms with van der Waals surface area (Å²) in [5.41, 5.74) is 2.61. The summed E-state index contributed by atoms with van der Waals surface area (Å²) >= 11 is 0. The van der Waals surface area contributed by atoms with E-state index in [0.29, 0.717) is 17.0 Å². The first-order valence-corrected chi connectivity index (χ1v) is 9.74. The summed E-state index contributed by atoms with van der Waals surface area (Å²) in [7, 11) is 1.58. The molecule has 1 N–H and O–H groups in total. The van der Waals surface area contributed by atoms with Crippen LogP contribution in [-0.4, -0.2) is 13.0 Å². The lowest BCUT2D eigenvalue weighted by atomic mass is 9.86. The van der Waals surface area contributed by atoms with Gasteiger partial charge in [0.2, 0.25) is 0 Å². The number of hydrogen-bond acceptors (Lipinski definition) is 3. The molecule has 0 heterocycles. The number of halogens is 1. The average molecular weight is 407 g/mol. The molecule has 0 atom stereocenters. The lowest BCUT2D eigenvalue weighted by Gasteiger charge is -2.23. The highest BCUT2D eigenvalue weighted by atomic mass is 19.1. The Hall–Kier alpha value is -3.34. The van der Waals surface area contributed by atoms with Gasteiger partial charge in [-0.2, -0.15) is 0 Å². The van der Waals surface area contributed by atoms with Gasteiger partial charge in [0.05, 0.1) is 7.11 Å². The van der Waals surface area contributed by atoms with E-state index in [1.54, 1.807) is 37.4 Å². The SMILES string of the molecule is COc1ccc(C(=O)Nc2cccc(F)c2)cc1COc1ccccc1C(C)(C)C. The second-order valence-electron chi connectivity index (χ2n) is 8.03. The normalized spacial score (nSPS) is 11.1. The predicted molar refractivity (Wildman–Crippen MR) is 117 cm³/mol. The molecular formula is C25H26FNO3. The molecule has 3 rings (SSSR count). The number of methoxy groups -OCH3 is 1. The molecule has 0 fully saturated rings. The molecule has 4 nitrogen and oxygen atoms in total. The smallest absolute Gasteiger partial charge is 0.255 e. The Kier molecular flexibility index (Phi) is 6.40. The highest BCUT2D eigenvalue weighted by Gasteiger charge is 2.19. The van der Waals surface area contributed by atoms with Crippen LogP contribution in [0, 0.1) is 5.82 Å². The quantitative estimate of drug-likeness (QED) is 0.548. The van der Waals surface area contributed by atoms with Gasteiger partial charge in [-0.15, -0.1) is 0 Å². The van der Waals surface area contributed by atoms with Crippen LogP contribution in [-0.2, 0) is 12.0 Å². The van der Waals surface area contributed by atoms with Gasteiger partial charge in [-0.25, -0.2) is 4.39 Å². The minimum Gasteiger partial charge on any atom is -0.496 e. The third kappa shape index (κ3) is 5.17. The lowest BCUT2D eigenvalue weighted by Crippen LogP contribution is -2.14. The fraction of sp³-hybridized carbons (Fsp3) is 0.240. The zero-order valence-electron chi connectivity index (χ0n) is 17.7. The molecule has 3 aromatic carbocycles. The first-order valence-electron chi connectivity index (χ1n) is 9.74. The Morgan fingerprint density at radius 1 is 0.967 bits per heavy atom.